The second-order valence-electron chi connectivity index (χ2n) is 5.32. The second kappa shape index (κ2) is 8.09. The molecule has 0 saturated heterocycles. The number of sulfonamides is 1. The van der Waals surface area contributed by atoms with Crippen LogP contribution in [0.25, 0.3) is 0 Å². The van der Waals surface area contributed by atoms with E-state index in [1.165, 1.54) is 0 Å². The first kappa shape index (κ1) is 17.8. The Labute approximate surface area is 111 Å². The van der Waals surface area contributed by atoms with Crippen LogP contribution in [0.2, 0.25) is 0 Å². The van der Waals surface area contributed by atoms with Crippen molar-refractivity contribution in [1.29, 1.82) is 0 Å². The molecule has 6 heteroatoms. The number of hydrogen-bond donors (Lipinski definition) is 1. The number of ether oxygens (including phenoxy) is 2. The largest absolute Gasteiger partial charge is 0.352 e. The first-order chi connectivity index (χ1) is 8.20. The van der Waals surface area contributed by atoms with E-state index in [0.29, 0.717) is 19.6 Å². The molecule has 5 nitrogen and oxygen atoms in total. The summed E-state index contributed by atoms with van der Waals surface area (Å²) < 4.78 is 36.6. The fraction of sp³-hybridized carbons (Fsp3) is 1.00. The van der Waals surface area contributed by atoms with E-state index in [1.54, 1.807) is 0 Å². The maximum Gasteiger partial charge on any atom is 0.211 e. The van der Waals surface area contributed by atoms with Gasteiger partial charge in [0.2, 0.25) is 10.0 Å². The van der Waals surface area contributed by atoms with Gasteiger partial charge >= 0.3 is 0 Å². The van der Waals surface area contributed by atoms with Crippen LogP contribution in [0.3, 0.4) is 0 Å². The normalized spacial score (nSPS) is 13.2. The van der Waals surface area contributed by atoms with Gasteiger partial charge in [-0.2, -0.15) is 0 Å². The predicted octanol–water partition coefficient (Wildman–Crippen LogP) is 1.74. The molecule has 1 N–H and O–H groups in total. The molecule has 0 atom stereocenters. The Bertz CT molecular complexity index is 303. The summed E-state index contributed by atoms with van der Waals surface area (Å²) in [7, 11) is -3.26. The summed E-state index contributed by atoms with van der Waals surface area (Å²) in [5.74, 6) is 0.126. The van der Waals surface area contributed by atoms with Crippen molar-refractivity contribution in [3.63, 3.8) is 0 Å². The van der Waals surface area contributed by atoms with Crippen molar-refractivity contribution in [2.75, 3.05) is 25.5 Å². The zero-order chi connectivity index (χ0) is 14.2. The van der Waals surface area contributed by atoms with Crippen LogP contribution >= 0.6 is 0 Å². The zero-order valence-corrected chi connectivity index (χ0v) is 13.0. The van der Waals surface area contributed by atoms with Crippen LogP contribution < -0.4 is 4.72 Å². The van der Waals surface area contributed by atoms with Crippen LogP contribution in [-0.2, 0) is 19.5 Å². The van der Waals surface area contributed by atoms with Crippen LogP contribution in [0.15, 0.2) is 0 Å². The molecule has 18 heavy (non-hydrogen) atoms. The maximum atomic E-state index is 11.8. The van der Waals surface area contributed by atoms with Gasteiger partial charge in [0.05, 0.1) is 12.3 Å². The molecular formula is C12H27NO4S. The first-order valence-electron chi connectivity index (χ1n) is 6.40. The van der Waals surface area contributed by atoms with Crippen LogP contribution in [-0.4, -0.2) is 40.2 Å². The Morgan fingerprint density at radius 1 is 1.11 bits per heavy atom. The van der Waals surface area contributed by atoms with Gasteiger partial charge in [-0.1, -0.05) is 20.8 Å². The predicted molar refractivity (Wildman–Crippen MR) is 72.9 cm³/mol. The number of hydrogen-bond acceptors (Lipinski definition) is 4. The van der Waals surface area contributed by atoms with E-state index in [0.717, 1.165) is 0 Å². The van der Waals surface area contributed by atoms with Crippen molar-refractivity contribution >= 4 is 10.0 Å². The molecule has 110 valence electrons. The van der Waals surface area contributed by atoms with E-state index in [-0.39, 0.29) is 17.7 Å². The number of rotatable bonds is 9. The molecule has 0 amide bonds. The lowest BCUT2D eigenvalue weighted by molar-refractivity contribution is -0.130. The summed E-state index contributed by atoms with van der Waals surface area (Å²) >= 11 is 0. The summed E-state index contributed by atoms with van der Waals surface area (Å²) in [6, 6.07) is 0. The summed E-state index contributed by atoms with van der Waals surface area (Å²) in [4.78, 5) is 0. The van der Waals surface area contributed by atoms with Gasteiger partial charge in [0.25, 0.3) is 0 Å². The molecule has 0 aliphatic heterocycles. The van der Waals surface area contributed by atoms with Gasteiger partial charge in [-0.3, -0.25) is 0 Å². The van der Waals surface area contributed by atoms with Gasteiger partial charge in [0.1, 0.15) is 0 Å². The molecule has 0 saturated carbocycles. The van der Waals surface area contributed by atoms with E-state index in [9.17, 15) is 8.42 Å². The standard InChI is InChI=1S/C12H27NO4S/c1-6-16-11(17-7-2)10-13-18(14,15)9-8-12(3,4)5/h11,13H,6-10H2,1-5H3. The fourth-order valence-corrected chi connectivity index (χ4v) is 2.66. The van der Waals surface area contributed by atoms with Crippen molar-refractivity contribution in [3.8, 4) is 0 Å². The monoisotopic (exact) mass is 281 g/mol. The molecule has 0 aliphatic rings. The summed E-state index contributed by atoms with van der Waals surface area (Å²) in [5.41, 5.74) is 0.00793. The van der Waals surface area contributed by atoms with Gasteiger partial charge in [0.15, 0.2) is 6.29 Å². The second-order valence-corrected chi connectivity index (χ2v) is 7.24. The van der Waals surface area contributed by atoms with Crippen molar-refractivity contribution in [1.82, 2.24) is 4.72 Å². The zero-order valence-electron chi connectivity index (χ0n) is 12.2. The molecule has 0 rings (SSSR count). The Morgan fingerprint density at radius 3 is 2.00 bits per heavy atom. The Balaban J connectivity index is 4.15. The molecule has 0 radical (unpaired) electrons. The molecule has 0 aromatic carbocycles. The molecule has 0 heterocycles. The average Bonchev–Trinajstić information content (AvgIpc) is 2.23. The molecule has 0 fully saturated rings. The highest BCUT2D eigenvalue weighted by molar-refractivity contribution is 7.89. The number of nitrogens with one attached hydrogen (secondary N) is 1. The molecule has 0 spiro atoms. The van der Waals surface area contributed by atoms with E-state index in [2.05, 4.69) is 4.72 Å². The molecule has 0 bridgehead atoms. The first-order valence-corrected chi connectivity index (χ1v) is 8.06. The van der Waals surface area contributed by atoms with E-state index >= 15 is 0 Å². The molecule has 0 aromatic heterocycles. The summed E-state index contributed by atoms with van der Waals surface area (Å²) in [5, 5.41) is 0. The maximum absolute atomic E-state index is 11.8. The minimum Gasteiger partial charge on any atom is -0.352 e. The van der Waals surface area contributed by atoms with E-state index in [1.807, 2.05) is 34.6 Å². The third-order valence-corrected chi connectivity index (χ3v) is 3.64. The smallest absolute Gasteiger partial charge is 0.211 e. The molecular weight excluding hydrogens is 254 g/mol. The van der Waals surface area contributed by atoms with Crippen molar-refractivity contribution < 1.29 is 17.9 Å². The van der Waals surface area contributed by atoms with Crippen molar-refractivity contribution in [2.45, 2.75) is 47.3 Å². The highest BCUT2D eigenvalue weighted by Gasteiger charge is 2.19. The highest BCUT2D eigenvalue weighted by Crippen LogP contribution is 2.18. The lowest BCUT2D eigenvalue weighted by Crippen LogP contribution is -2.37. The third-order valence-electron chi connectivity index (χ3n) is 2.30. The van der Waals surface area contributed by atoms with Crippen LogP contribution in [0, 0.1) is 5.41 Å². The fourth-order valence-electron chi connectivity index (χ4n) is 1.25. The Morgan fingerprint density at radius 2 is 1.61 bits per heavy atom. The summed E-state index contributed by atoms with van der Waals surface area (Å²) in [6.45, 7) is 10.9. The minimum atomic E-state index is -3.26. The quantitative estimate of drug-likeness (QED) is 0.654. The van der Waals surface area contributed by atoms with Crippen molar-refractivity contribution in [2.24, 2.45) is 5.41 Å². The SMILES string of the molecule is CCOC(CNS(=O)(=O)CCC(C)(C)C)OCC. The van der Waals surface area contributed by atoms with Crippen LogP contribution in [0.5, 0.6) is 0 Å². The topological polar surface area (TPSA) is 64.6 Å². The molecule has 0 unspecified atom stereocenters. The van der Waals surface area contributed by atoms with Gasteiger partial charge in [0, 0.05) is 13.2 Å². The van der Waals surface area contributed by atoms with Gasteiger partial charge < -0.3 is 9.47 Å². The van der Waals surface area contributed by atoms with E-state index in [4.69, 9.17) is 9.47 Å². The lowest BCUT2D eigenvalue weighted by atomic mass is 9.94. The van der Waals surface area contributed by atoms with Crippen molar-refractivity contribution in [3.05, 3.63) is 0 Å². The average molecular weight is 281 g/mol. The van der Waals surface area contributed by atoms with Crippen LogP contribution in [0.1, 0.15) is 41.0 Å². The Kier molecular flexibility index (Phi) is 8.02. The van der Waals surface area contributed by atoms with Gasteiger partial charge in [-0.25, -0.2) is 13.1 Å². The van der Waals surface area contributed by atoms with E-state index < -0.39 is 16.3 Å². The third kappa shape index (κ3) is 9.82. The summed E-state index contributed by atoms with van der Waals surface area (Å²) in [6.07, 6.45) is 0.111. The van der Waals surface area contributed by atoms with Gasteiger partial charge in [-0.15, -0.1) is 0 Å². The lowest BCUT2D eigenvalue weighted by Gasteiger charge is -2.20. The van der Waals surface area contributed by atoms with Gasteiger partial charge in [-0.05, 0) is 25.7 Å². The highest BCUT2D eigenvalue weighted by atomic mass is 32.2. The molecule has 0 aromatic rings. The van der Waals surface area contributed by atoms with Crippen LogP contribution in [0.4, 0.5) is 0 Å². The molecule has 0 aliphatic carbocycles. The minimum absolute atomic E-state index is 0.00793. The Hall–Kier alpha value is -0.170.